The number of amides is 2. The third-order valence-corrected chi connectivity index (χ3v) is 4.76. The molecular weight excluding hydrogens is 352 g/mol. The van der Waals surface area contributed by atoms with Crippen molar-refractivity contribution in [1.82, 2.24) is 5.32 Å². The van der Waals surface area contributed by atoms with Gasteiger partial charge in [0.25, 0.3) is 0 Å². The molecule has 2 aromatic rings. The van der Waals surface area contributed by atoms with E-state index in [9.17, 15) is 9.59 Å². The second-order valence-corrected chi connectivity index (χ2v) is 6.79. The molecule has 1 N–H and O–H groups in total. The maximum Gasteiger partial charge on any atom is 0.249 e. The molecule has 2 aromatic carbocycles. The number of carbonyl (C=O) groups is 2. The summed E-state index contributed by atoms with van der Waals surface area (Å²) in [7, 11) is 1.54. The van der Waals surface area contributed by atoms with E-state index in [0.717, 1.165) is 16.8 Å². The maximum atomic E-state index is 12.6. The Kier molecular flexibility index (Phi) is 5.47. The predicted molar refractivity (Wildman–Crippen MR) is 102 cm³/mol. The van der Waals surface area contributed by atoms with Gasteiger partial charge in [-0.3, -0.25) is 9.59 Å². The lowest BCUT2D eigenvalue weighted by Gasteiger charge is -2.17. The number of ether oxygens (including phenoxy) is 1. The summed E-state index contributed by atoms with van der Waals surface area (Å²) in [6, 6.07) is 12.5. The van der Waals surface area contributed by atoms with Crippen LogP contribution in [0.4, 0.5) is 5.69 Å². The maximum absolute atomic E-state index is 12.6. The Bertz CT molecular complexity index is 820. The lowest BCUT2D eigenvalue weighted by atomic mass is 10.1. The van der Waals surface area contributed by atoms with Crippen LogP contribution in [0.25, 0.3) is 0 Å². The molecule has 0 aromatic heterocycles. The molecule has 0 unspecified atom stereocenters. The highest BCUT2D eigenvalue weighted by Gasteiger charge is 2.33. The van der Waals surface area contributed by atoms with Gasteiger partial charge in [0.2, 0.25) is 11.8 Å². The molecule has 1 aliphatic heterocycles. The van der Waals surface area contributed by atoms with E-state index in [0.29, 0.717) is 23.7 Å². The van der Waals surface area contributed by atoms with E-state index in [1.165, 1.54) is 0 Å². The molecule has 26 heavy (non-hydrogen) atoms. The molecular formula is C20H21ClN2O3. The molecule has 0 spiro atoms. The van der Waals surface area contributed by atoms with Gasteiger partial charge in [0.1, 0.15) is 11.8 Å². The monoisotopic (exact) mass is 372 g/mol. The summed E-state index contributed by atoms with van der Waals surface area (Å²) in [5.74, 6) is 0.292. The number of methoxy groups -OCH3 is 1. The first-order valence-electron chi connectivity index (χ1n) is 8.48. The minimum atomic E-state index is -0.488. The van der Waals surface area contributed by atoms with Gasteiger partial charge in [0.15, 0.2) is 0 Å². The molecule has 5 nitrogen and oxygen atoms in total. The summed E-state index contributed by atoms with van der Waals surface area (Å²) in [4.78, 5) is 26.6. The summed E-state index contributed by atoms with van der Waals surface area (Å²) in [6.45, 7) is 2.60. The molecule has 0 bridgehead atoms. The first-order valence-corrected chi connectivity index (χ1v) is 8.85. The Balaban J connectivity index is 1.60. The fraction of sp³-hybridized carbons (Fsp3) is 0.300. The van der Waals surface area contributed by atoms with Gasteiger partial charge in [-0.2, -0.15) is 0 Å². The molecule has 2 amide bonds. The molecule has 6 heteroatoms. The quantitative estimate of drug-likeness (QED) is 0.877. The van der Waals surface area contributed by atoms with Crippen molar-refractivity contribution >= 4 is 29.1 Å². The zero-order valence-corrected chi connectivity index (χ0v) is 15.5. The number of anilines is 1. The van der Waals surface area contributed by atoms with Crippen molar-refractivity contribution in [3.8, 4) is 5.75 Å². The van der Waals surface area contributed by atoms with E-state index >= 15 is 0 Å². The van der Waals surface area contributed by atoms with Gasteiger partial charge in [-0.1, -0.05) is 35.4 Å². The van der Waals surface area contributed by atoms with Crippen molar-refractivity contribution in [2.45, 2.75) is 25.8 Å². The van der Waals surface area contributed by atoms with Crippen LogP contribution >= 0.6 is 11.6 Å². The number of rotatable bonds is 5. The van der Waals surface area contributed by atoms with Crippen LogP contribution < -0.4 is 15.0 Å². The van der Waals surface area contributed by atoms with Gasteiger partial charge < -0.3 is 15.0 Å². The molecule has 1 saturated heterocycles. The van der Waals surface area contributed by atoms with Crippen molar-refractivity contribution in [3.05, 3.63) is 58.6 Å². The van der Waals surface area contributed by atoms with Gasteiger partial charge in [-0.15, -0.1) is 0 Å². The van der Waals surface area contributed by atoms with Crippen molar-refractivity contribution in [1.29, 1.82) is 0 Å². The van der Waals surface area contributed by atoms with Gasteiger partial charge in [0, 0.05) is 12.2 Å². The first kappa shape index (κ1) is 18.3. The van der Waals surface area contributed by atoms with E-state index in [4.69, 9.17) is 16.3 Å². The Morgan fingerprint density at radius 3 is 2.65 bits per heavy atom. The first-order chi connectivity index (χ1) is 12.5. The van der Waals surface area contributed by atoms with Gasteiger partial charge in [-0.05, 0) is 43.2 Å². The highest BCUT2D eigenvalue weighted by atomic mass is 35.5. The van der Waals surface area contributed by atoms with Crippen molar-refractivity contribution in [2.24, 2.45) is 0 Å². The fourth-order valence-electron chi connectivity index (χ4n) is 3.05. The van der Waals surface area contributed by atoms with Crippen LogP contribution in [-0.4, -0.2) is 31.5 Å². The standard InChI is InChI=1S/C20H21ClN2O3/c1-13-3-6-15(7-4-13)23-10-9-17(20(23)25)22-19(24)12-14-5-8-18(26-2)16(21)11-14/h3-8,11,17H,9-10,12H2,1-2H3,(H,22,24)/t17-/m0/s1. The average molecular weight is 373 g/mol. The number of carbonyl (C=O) groups excluding carboxylic acids is 2. The lowest BCUT2D eigenvalue weighted by Crippen LogP contribution is -2.42. The van der Waals surface area contributed by atoms with Crippen molar-refractivity contribution < 1.29 is 14.3 Å². The predicted octanol–water partition coefficient (Wildman–Crippen LogP) is 3.12. The third kappa shape index (κ3) is 3.99. The van der Waals surface area contributed by atoms with E-state index in [1.807, 2.05) is 31.2 Å². The topological polar surface area (TPSA) is 58.6 Å². The molecule has 1 fully saturated rings. The van der Waals surface area contributed by atoms with Gasteiger partial charge in [-0.25, -0.2) is 0 Å². The normalized spacial score (nSPS) is 16.7. The SMILES string of the molecule is COc1ccc(CC(=O)N[C@H]2CCN(c3ccc(C)cc3)C2=O)cc1Cl. The molecule has 1 atom stereocenters. The van der Waals surface area contributed by atoms with Crippen LogP contribution in [0.15, 0.2) is 42.5 Å². The summed E-state index contributed by atoms with van der Waals surface area (Å²) >= 11 is 6.09. The molecule has 1 aliphatic rings. The average Bonchev–Trinajstić information content (AvgIpc) is 2.96. The zero-order valence-electron chi connectivity index (χ0n) is 14.8. The number of hydrogen-bond acceptors (Lipinski definition) is 3. The van der Waals surface area contributed by atoms with Crippen LogP contribution in [0.3, 0.4) is 0 Å². The van der Waals surface area contributed by atoms with E-state index in [2.05, 4.69) is 5.32 Å². The summed E-state index contributed by atoms with van der Waals surface area (Å²) in [5.41, 5.74) is 2.77. The zero-order chi connectivity index (χ0) is 18.7. The van der Waals surface area contributed by atoms with Crippen LogP contribution in [-0.2, 0) is 16.0 Å². The number of nitrogens with one attached hydrogen (secondary N) is 1. The fourth-order valence-corrected chi connectivity index (χ4v) is 3.33. The smallest absolute Gasteiger partial charge is 0.249 e. The second kappa shape index (κ2) is 7.79. The molecule has 3 rings (SSSR count). The third-order valence-electron chi connectivity index (χ3n) is 4.47. The number of nitrogens with zero attached hydrogens (tertiary/aromatic N) is 1. The molecule has 1 heterocycles. The number of benzene rings is 2. The van der Waals surface area contributed by atoms with Crippen LogP contribution in [0.2, 0.25) is 5.02 Å². The Hall–Kier alpha value is -2.53. The number of hydrogen-bond donors (Lipinski definition) is 1. The molecule has 0 radical (unpaired) electrons. The van der Waals surface area contributed by atoms with E-state index < -0.39 is 6.04 Å². The van der Waals surface area contributed by atoms with E-state index in [-0.39, 0.29) is 18.2 Å². The summed E-state index contributed by atoms with van der Waals surface area (Å²) in [6.07, 6.45) is 0.764. The second-order valence-electron chi connectivity index (χ2n) is 6.38. The van der Waals surface area contributed by atoms with E-state index in [1.54, 1.807) is 30.2 Å². The largest absolute Gasteiger partial charge is 0.495 e. The van der Waals surface area contributed by atoms with Gasteiger partial charge >= 0.3 is 0 Å². The van der Waals surface area contributed by atoms with Crippen LogP contribution in [0.1, 0.15) is 17.5 Å². The van der Waals surface area contributed by atoms with Crippen molar-refractivity contribution in [2.75, 3.05) is 18.6 Å². The molecule has 136 valence electrons. The highest BCUT2D eigenvalue weighted by molar-refractivity contribution is 6.32. The molecule has 0 aliphatic carbocycles. The number of aryl methyl sites for hydroxylation is 1. The lowest BCUT2D eigenvalue weighted by molar-refractivity contribution is -0.126. The Labute approximate surface area is 157 Å². The Morgan fingerprint density at radius 1 is 1.27 bits per heavy atom. The highest BCUT2D eigenvalue weighted by Crippen LogP contribution is 2.25. The summed E-state index contributed by atoms with van der Waals surface area (Å²) in [5, 5.41) is 3.29. The van der Waals surface area contributed by atoms with Gasteiger partial charge in [0.05, 0.1) is 18.6 Å². The summed E-state index contributed by atoms with van der Waals surface area (Å²) < 4.78 is 5.11. The Morgan fingerprint density at radius 2 is 2.00 bits per heavy atom. The minimum Gasteiger partial charge on any atom is -0.495 e. The van der Waals surface area contributed by atoms with Crippen molar-refractivity contribution in [3.63, 3.8) is 0 Å². The number of halogens is 1. The van der Waals surface area contributed by atoms with Crippen LogP contribution in [0.5, 0.6) is 5.75 Å². The molecule has 0 saturated carbocycles. The minimum absolute atomic E-state index is 0.0741. The van der Waals surface area contributed by atoms with Crippen LogP contribution in [0, 0.1) is 6.92 Å².